The minimum atomic E-state index is 1.09. The largest absolute Gasteiger partial charge is 0.0839 e. The summed E-state index contributed by atoms with van der Waals surface area (Å²) in [5.74, 6) is 0. The number of hydrogen-bond acceptors (Lipinski definition) is 0. The van der Waals surface area contributed by atoms with E-state index in [0.29, 0.717) is 0 Å². The number of hydrogen-bond donors (Lipinski definition) is 0. The second-order valence-electron chi connectivity index (χ2n) is 3.73. The van der Waals surface area contributed by atoms with E-state index in [2.05, 4.69) is 62.4 Å². The lowest BCUT2D eigenvalue weighted by Gasteiger charge is -2.05. The van der Waals surface area contributed by atoms with Gasteiger partial charge in [-0.15, -0.1) is 0 Å². The first-order chi connectivity index (χ1) is 7.35. The second-order valence-corrected chi connectivity index (χ2v) is 3.73. The molecule has 0 saturated heterocycles. The minimum Gasteiger partial charge on any atom is -0.0839 e. The van der Waals surface area contributed by atoms with E-state index < -0.39 is 0 Å². The highest BCUT2D eigenvalue weighted by molar-refractivity contribution is 5.86. The number of allylic oxidation sites excluding steroid dienone is 2. The van der Waals surface area contributed by atoms with Gasteiger partial charge in [0.05, 0.1) is 0 Å². The molecule has 0 aliphatic heterocycles. The normalized spacial score (nSPS) is 12.0. The fourth-order valence-corrected chi connectivity index (χ4v) is 1.96. The molecule has 76 valence electrons. The van der Waals surface area contributed by atoms with Crippen LogP contribution in [0.15, 0.2) is 48.5 Å². The molecule has 15 heavy (non-hydrogen) atoms. The maximum absolute atomic E-state index is 2.27. The molecule has 0 bridgehead atoms. The molecular formula is C15H16. The van der Waals surface area contributed by atoms with Gasteiger partial charge in [0.25, 0.3) is 0 Å². The molecule has 0 radical (unpaired) electrons. The number of rotatable bonds is 2. The summed E-state index contributed by atoms with van der Waals surface area (Å²) in [6.45, 7) is 4.30. The Morgan fingerprint density at radius 2 is 1.80 bits per heavy atom. The van der Waals surface area contributed by atoms with E-state index in [4.69, 9.17) is 0 Å². The molecule has 0 aliphatic carbocycles. The van der Waals surface area contributed by atoms with Crippen molar-refractivity contribution in [3.8, 4) is 0 Å². The van der Waals surface area contributed by atoms with Crippen LogP contribution >= 0.6 is 0 Å². The van der Waals surface area contributed by atoms with Gasteiger partial charge in [-0.05, 0) is 41.3 Å². The Morgan fingerprint density at radius 3 is 2.47 bits per heavy atom. The molecular weight excluding hydrogens is 180 g/mol. The van der Waals surface area contributed by atoms with E-state index in [9.17, 15) is 0 Å². The first kappa shape index (κ1) is 9.97. The SMILES string of the molecule is CC=C(CC)c1ccc2ccccc2c1. The first-order valence-corrected chi connectivity index (χ1v) is 5.49. The Balaban J connectivity index is 2.56. The molecule has 2 rings (SSSR count). The third-order valence-corrected chi connectivity index (χ3v) is 2.85. The summed E-state index contributed by atoms with van der Waals surface area (Å²) >= 11 is 0. The summed E-state index contributed by atoms with van der Waals surface area (Å²) in [5, 5.41) is 2.63. The van der Waals surface area contributed by atoms with E-state index in [1.807, 2.05) is 0 Å². The molecule has 0 heterocycles. The highest BCUT2D eigenvalue weighted by atomic mass is 14.0. The van der Waals surface area contributed by atoms with Crippen LogP contribution in [0.4, 0.5) is 0 Å². The van der Waals surface area contributed by atoms with Gasteiger partial charge in [-0.3, -0.25) is 0 Å². The van der Waals surface area contributed by atoms with Crippen LogP contribution in [0, 0.1) is 0 Å². The predicted octanol–water partition coefficient (Wildman–Crippen LogP) is 4.65. The highest BCUT2D eigenvalue weighted by Crippen LogP contribution is 2.22. The predicted molar refractivity (Wildman–Crippen MR) is 67.9 cm³/mol. The topological polar surface area (TPSA) is 0 Å². The number of benzene rings is 2. The van der Waals surface area contributed by atoms with Gasteiger partial charge < -0.3 is 0 Å². The molecule has 0 fully saturated rings. The Bertz CT molecular complexity index is 492. The van der Waals surface area contributed by atoms with Gasteiger partial charge in [0.2, 0.25) is 0 Å². The average Bonchev–Trinajstić information content (AvgIpc) is 2.30. The maximum atomic E-state index is 2.27. The van der Waals surface area contributed by atoms with Gasteiger partial charge in [-0.2, -0.15) is 0 Å². The van der Waals surface area contributed by atoms with Gasteiger partial charge in [0.1, 0.15) is 0 Å². The third kappa shape index (κ3) is 1.94. The Morgan fingerprint density at radius 1 is 1.07 bits per heavy atom. The summed E-state index contributed by atoms with van der Waals surface area (Å²) in [5.41, 5.74) is 2.76. The monoisotopic (exact) mass is 196 g/mol. The van der Waals surface area contributed by atoms with Crippen LogP contribution in [-0.2, 0) is 0 Å². The Hall–Kier alpha value is -1.56. The van der Waals surface area contributed by atoms with Crippen molar-refractivity contribution in [2.24, 2.45) is 0 Å². The van der Waals surface area contributed by atoms with E-state index in [1.165, 1.54) is 21.9 Å². The Labute approximate surface area is 91.2 Å². The van der Waals surface area contributed by atoms with Crippen molar-refractivity contribution in [3.63, 3.8) is 0 Å². The van der Waals surface area contributed by atoms with Crippen LogP contribution in [0.5, 0.6) is 0 Å². The van der Waals surface area contributed by atoms with E-state index in [-0.39, 0.29) is 0 Å². The van der Waals surface area contributed by atoms with E-state index >= 15 is 0 Å². The highest BCUT2D eigenvalue weighted by Gasteiger charge is 1.99. The van der Waals surface area contributed by atoms with Crippen molar-refractivity contribution >= 4 is 16.3 Å². The van der Waals surface area contributed by atoms with Crippen molar-refractivity contribution in [1.29, 1.82) is 0 Å². The summed E-state index contributed by atoms with van der Waals surface area (Å²) in [6, 6.07) is 15.2. The van der Waals surface area contributed by atoms with Crippen molar-refractivity contribution in [2.45, 2.75) is 20.3 Å². The molecule has 0 heteroatoms. The van der Waals surface area contributed by atoms with Crippen molar-refractivity contribution in [3.05, 3.63) is 54.1 Å². The van der Waals surface area contributed by atoms with Gasteiger partial charge in [0, 0.05) is 0 Å². The van der Waals surface area contributed by atoms with Crippen LogP contribution in [-0.4, -0.2) is 0 Å². The van der Waals surface area contributed by atoms with Gasteiger partial charge in [0.15, 0.2) is 0 Å². The molecule has 0 amide bonds. The zero-order chi connectivity index (χ0) is 10.7. The Kier molecular flexibility index (Phi) is 2.86. The fraction of sp³-hybridized carbons (Fsp3) is 0.200. The minimum absolute atomic E-state index is 1.09. The summed E-state index contributed by atoms with van der Waals surface area (Å²) < 4.78 is 0. The molecule has 0 atom stereocenters. The molecule has 0 spiro atoms. The smallest absolute Gasteiger partial charge is 0.0178 e. The zero-order valence-electron chi connectivity index (χ0n) is 9.33. The van der Waals surface area contributed by atoms with Crippen LogP contribution in [0.2, 0.25) is 0 Å². The number of fused-ring (bicyclic) bond motifs is 1. The molecule has 2 aromatic carbocycles. The summed E-state index contributed by atoms with van der Waals surface area (Å²) in [6.07, 6.45) is 3.29. The van der Waals surface area contributed by atoms with Crippen LogP contribution in [0.3, 0.4) is 0 Å². The quantitative estimate of drug-likeness (QED) is 0.655. The molecule has 0 aromatic heterocycles. The molecule has 2 aromatic rings. The van der Waals surface area contributed by atoms with Crippen LogP contribution in [0.25, 0.3) is 16.3 Å². The first-order valence-electron chi connectivity index (χ1n) is 5.49. The summed E-state index contributed by atoms with van der Waals surface area (Å²) in [4.78, 5) is 0. The lowest BCUT2D eigenvalue weighted by molar-refractivity contribution is 1.23. The molecule has 0 saturated carbocycles. The third-order valence-electron chi connectivity index (χ3n) is 2.85. The molecule has 0 N–H and O–H groups in total. The van der Waals surface area contributed by atoms with E-state index in [0.717, 1.165) is 6.42 Å². The standard InChI is InChI=1S/C15H16/c1-3-12(4-2)15-10-9-13-7-5-6-8-14(13)11-15/h3,5-11H,4H2,1-2H3. The summed E-state index contributed by atoms with van der Waals surface area (Å²) in [7, 11) is 0. The van der Waals surface area contributed by atoms with Crippen molar-refractivity contribution in [1.82, 2.24) is 0 Å². The van der Waals surface area contributed by atoms with Gasteiger partial charge >= 0.3 is 0 Å². The van der Waals surface area contributed by atoms with Crippen molar-refractivity contribution in [2.75, 3.05) is 0 Å². The fourth-order valence-electron chi connectivity index (χ4n) is 1.96. The van der Waals surface area contributed by atoms with Crippen LogP contribution < -0.4 is 0 Å². The van der Waals surface area contributed by atoms with Gasteiger partial charge in [-0.1, -0.05) is 49.4 Å². The van der Waals surface area contributed by atoms with Crippen LogP contribution in [0.1, 0.15) is 25.8 Å². The van der Waals surface area contributed by atoms with Gasteiger partial charge in [-0.25, -0.2) is 0 Å². The molecule has 0 aliphatic rings. The average molecular weight is 196 g/mol. The lowest BCUT2D eigenvalue weighted by Crippen LogP contribution is -1.82. The molecule has 0 nitrogen and oxygen atoms in total. The van der Waals surface area contributed by atoms with Crippen molar-refractivity contribution < 1.29 is 0 Å². The van der Waals surface area contributed by atoms with E-state index in [1.54, 1.807) is 0 Å². The maximum Gasteiger partial charge on any atom is -0.0178 e. The zero-order valence-corrected chi connectivity index (χ0v) is 9.33. The molecule has 0 unspecified atom stereocenters. The lowest BCUT2D eigenvalue weighted by atomic mass is 10.00. The second kappa shape index (κ2) is 4.31.